The van der Waals surface area contributed by atoms with E-state index in [0.717, 1.165) is 23.7 Å². The van der Waals surface area contributed by atoms with E-state index < -0.39 is 17.1 Å². The molecule has 1 saturated heterocycles. The van der Waals surface area contributed by atoms with E-state index in [0.29, 0.717) is 50.3 Å². The third-order valence-electron chi connectivity index (χ3n) is 7.43. The summed E-state index contributed by atoms with van der Waals surface area (Å²) in [5.74, 6) is -1.19. The first-order chi connectivity index (χ1) is 18.3. The minimum Gasteiger partial charge on any atom is -0.341 e. The van der Waals surface area contributed by atoms with Crippen LogP contribution in [0.1, 0.15) is 39.1 Å². The molecule has 0 saturated carbocycles. The van der Waals surface area contributed by atoms with Gasteiger partial charge in [-0.25, -0.2) is 4.39 Å². The number of hydrogen-bond donors (Lipinski definition) is 2. The highest BCUT2D eigenvalue weighted by Gasteiger charge is 2.48. The number of rotatable bonds is 5. The summed E-state index contributed by atoms with van der Waals surface area (Å²) in [6.07, 6.45) is 1.89. The van der Waals surface area contributed by atoms with E-state index in [2.05, 4.69) is 5.32 Å². The Labute approximate surface area is 225 Å². The third-order valence-corrected chi connectivity index (χ3v) is 7.76. The molecule has 196 valence electrons. The van der Waals surface area contributed by atoms with Gasteiger partial charge in [0.25, 0.3) is 11.8 Å². The van der Waals surface area contributed by atoms with E-state index in [1.165, 1.54) is 12.1 Å². The van der Waals surface area contributed by atoms with Crippen molar-refractivity contribution in [3.05, 3.63) is 94.3 Å². The molecule has 9 heteroatoms. The first-order valence-electron chi connectivity index (χ1n) is 12.6. The zero-order valence-electron chi connectivity index (χ0n) is 20.8. The molecule has 3 aromatic carbocycles. The molecule has 3 aromatic rings. The van der Waals surface area contributed by atoms with E-state index in [1.807, 2.05) is 29.2 Å². The van der Waals surface area contributed by atoms with Crippen LogP contribution in [0.2, 0.25) is 5.02 Å². The normalized spacial score (nSPS) is 18.9. The van der Waals surface area contributed by atoms with Crippen molar-refractivity contribution in [1.29, 1.82) is 0 Å². The molecule has 0 bridgehead atoms. The van der Waals surface area contributed by atoms with Gasteiger partial charge >= 0.3 is 0 Å². The van der Waals surface area contributed by atoms with Gasteiger partial charge in [-0.15, -0.1) is 0 Å². The van der Waals surface area contributed by atoms with Gasteiger partial charge in [-0.3, -0.25) is 14.4 Å². The number of benzene rings is 3. The molecule has 0 aliphatic carbocycles. The molecule has 0 radical (unpaired) electrons. The van der Waals surface area contributed by atoms with Gasteiger partial charge in [0.05, 0.1) is 16.0 Å². The minimum absolute atomic E-state index is 0.0217. The lowest BCUT2D eigenvalue weighted by Gasteiger charge is -2.27. The highest BCUT2D eigenvalue weighted by Crippen LogP contribution is 2.43. The maximum absolute atomic E-state index is 13.7. The van der Waals surface area contributed by atoms with Crippen molar-refractivity contribution in [3.8, 4) is 0 Å². The highest BCUT2D eigenvalue weighted by atomic mass is 35.5. The lowest BCUT2D eigenvalue weighted by Crippen LogP contribution is -2.39. The highest BCUT2D eigenvalue weighted by molar-refractivity contribution is 6.34. The Kier molecular flexibility index (Phi) is 7.19. The second kappa shape index (κ2) is 10.6. The fourth-order valence-corrected chi connectivity index (χ4v) is 5.62. The summed E-state index contributed by atoms with van der Waals surface area (Å²) in [4.78, 5) is 43.2. The van der Waals surface area contributed by atoms with E-state index in [-0.39, 0.29) is 22.4 Å². The SMILES string of the molecule is NCCN1CCC2(CCN(C(=O)c3ccc(NC(=O)c4cc(F)ccc4Cl)cc3)c3ccccc3C2)C1=O. The topological polar surface area (TPSA) is 95.7 Å². The maximum Gasteiger partial charge on any atom is 0.258 e. The molecule has 3 amide bonds. The molecular weight excluding hydrogens is 507 g/mol. The molecule has 0 aromatic heterocycles. The number of halogens is 2. The van der Waals surface area contributed by atoms with Crippen molar-refractivity contribution in [2.24, 2.45) is 11.1 Å². The molecular formula is C29H28ClFN4O3. The van der Waals surface area contributed by atoms with Crippen LogP contribution in [0.15, 0.2) is 66.7 Å². The van der Waals surface area contributed by atoms with E-state index in [4.69, 9.17) is 17.3 Å². The molecule has 5 rings (SSSR count). The fraction of sp³-hybridized carbons (Fsp3) is 0.276. The number of nitrogens with one attached hydrogen (secondary N) is 1. The summed E-state index contributed by atoms with van der Waals surface area (Å²) in [5, 5.41) is 2.82. The Morgan fingerprint density at radius 3 is 2.53 bits per heavy atom. The molecule has 1 fully saturated rings. The standard InChI is InChI=1S/C29H28ClFN4O3/c30-24-10-7-21(31)17-23(24)26(36)33-22-8-5-19(6-9-22)27(37)35-15-12-29(11-14-34(16-13-32)28(29)38)18-20-3-1-2-4-25(20)35/h1-10,17H,11-16,18,32H2,(H,33,36). The minimum atomic E-state index is -0.564. The van der Waals surface area contributed by atoms with Gasteiger partial charge < -0.3 is 20.9 Å². The van der Waals surface area contributed by atoms with Crippen molar-refractivity contribution in [2.75, 3.05) is 36.4 Å². The van der Waals surface area contributed by atoms with Crippen molar-refractivity contribution >= 4 is 40.7 Å². The average Bonchev–Trinajstić information content (AvgIpc) is 3.11. The lowest BCUT2D eigenvalue weighted by atomic mass is 9.78. The number of likely N-dealkylation sites (tertiary alicyclic amines) is 1. The number of anilines is 2. The van der Waals surface area contributed by atoms with Crippen LogP contribution in [0.3, 0.4) is 0 Å². The van der Waals surface area contributed by atoms with Crippen LogP contribution in [-0.2, 0) is 11.2 Å². The average molecular weight is 535 g/mol. The Balaban J connectivity index is 1.35. The smallest absolute Gasteiger partial charge is 0.258 e. The fourth-order valence-electron chi connectivity index (χ4n) is 5.41. The second-order valence-corrected chi connectivity index (χ2v) is 10.2. The first kappa shape index (κ1) is 25.9. The Morgan fingerprint density at radius 1 is 1.03 bits per heavy atom. The number of nitrogens with two attached hydrogens (primary N) is 1. The van der Waals surface area contributed by atoms with Crippen LogP contribution in [0.5, 0.6) is 0 Å². The van der Waals surface area contributed by atoms with Gasteiger partial charge in [-0.2, -0.15) is 0 Å². The first-order valence-corrected chi connectivity index (χ1v) is 12.9. The number of fused-ring (bicyclic) bond motifs is 1. The number of para-hydroxylation sites is 1. The number of nitrogens with zero attached hydrogens (tertiary/aromatic N) is 2. The number of carbonyl (C=O) groups excluding carboxylic acids is 3. The Morgan fingerprint density at radius 2 is 1.76 bits per heavy atom. The number of hydrogen-bond acceptors (Lipinski definition) is 4. The largest absolute Gasteiger partial charge is 0.341 e. The zero-order chi connectivity index (χ0) is 26.9. The summed E-state index contributed by atoms with van der Waals surface area (Å²) in [6.45, 7) is 2.06. The van der Waals surface area contributed by atoms with Crippen LogP contribution in [0.4, 0.5) is 15.8 Å². The summed E-state index contributed by atoms with van der Waals surface area (Å²) < 4.78 is 13.6. The van der Waals surface area contributed by atoms with Crippen molar-refractivity contribution in [1.82, 2.24) is 4.90 Å². The van der Waals surface area contributed by atoms with Crippen LogP contribution in [-0.4, -0.2) is 48.8 Å². The molecule has 3 N–H and O–H groups in total. The quantitative estimate of drug-likeness (QED) is 0.504. The summed E-state index contributed by atoms with van der Waals surface area (Å²) in [6, 6.07) is 17.8. The van der Waals surface area contributed by atoms with Crippen LogP contribution < -0.4 is 16.0 Å². The maximum atomic E-state index is 13.7. The molecule has 7 nitrogen and oxygen atoms in total. The van der Waals surface area contributed by atoms with Crippen LogP contribution in [0, 0.1) is 11.2 Å². The van der Waals surface area contributed by atoms with Crippen molar-refractivity contribution in [3.63, 3.8) is 0 Å². The van der Waals surface area contributed by atoms with Gasteiger partial charge in [0.1, 0.15) is 5.82 Å². The van der Waals surface area contributed by atoms with Crippen LogP contribution in [0.25, 0.3) is 0 Å². The molecule has 2 aliphatic rings. The summed E-state index contributed by atoms with van der Waals surface area (Å²) in [7, 11) is 0. The predicted molar refractivity (Wildman–Crippen MR) is 145 cm³/mol. The molecule has 2 aliphatic heterocycles. The summed E-state index contributed by atoms with van der Waals surface area (Å²) in [5.41, 5.74) is 7.86. The lowest BCUT2D eigenvalue weighted by molar-refractivity contribution is -0.136. The van der Waals surface area contributed by atoms with Crippen LogP contribution >= 0.6 is 11.6 Å². The molecule has 38 heavy (non-hydrogen) atoms. The van der Waals surface area contributed by atoms with Gasteiger partial charge in [0.2, 0.25) is 5.91 Å². The molecule has 1 unspecified atom stereocenters. The van der Waals surface area contributed by atoms with Gasteiger partial charge in [0.15, 0.2) is 0 Å². The molecule has 2 heterocycles. The van der Waals surface area contributed by atoms with E-state index >= 15 is 0 Å². The monoisotopic (exact) mass is 534 g/mol. The summed E-state index contributed by atoms with van der Waals surface area (Å²) >= 11 is 6.04. The van der Waals surface area contributed by atoms with Crippen molar-refractivity contribution in [2.45, 2.75) is 19.3 Å². The Bertz CT molecular complexity index is 1400. The number of amides is 3. The Hall–Kier alpha value is -3.75. The van der Waals surface area contributed by atoms with E-state index in [9.17, 15) is 18.8 Å². The van der Waals surface area contributed by atoms with Gasteiger partial charge in [-0.1, -0.05) is 29.8 Å². The third kappa shape index (κ3) is 4.89. The number of carbonyl (C=O) groups is 3. The van der Waals surface area contributed by atoms with Gasteiger partial charge in [0, 0.05) is 43.1 Å². The van der Waals surface area contributed by atoms with Gasteiger partial charge in [-0.05, 0) is 73.4 Å². The molecule has 1 spiro atoms. The van der Waals surface area contributed by atoms with Crippen molar-refractivity contribution < 1.29 is 18.8 Å². The van der Waals surface area contributed by atoms with E-state index in [1.54, 1.807) is 29.2 Å². The second-order valence-electron chi connectivity index (χ2n) is 9.78. The zero-order valence-corrected chi connectivity index (χ0v) is 21.5. The molecule has 1 atom stereocenters. The predicted octanol–water partition coefficient (Wildman–Crippen LogP) is 4.50.